The van der Waals surface area contributed by atoms with Crippen LogP contribution < -0.4 is 5.32 Å². The molecule has 2 heterocycles. The van der Waals surface area contributed by atoms with Gasteiger partial charge in [-0.1, -0.05) is 58.0 Å². The molecule has 1 amide bonds. The molecule has 2 aromatic heterocycles. The van der Waals surface area contributed by atoms with E-state index in [1.54, 1.807) is 6.20 Å². The second kappa shape index (κ2) is 6.90. The monoisotopic (exact) mass is 350 g/mol. The molecule has 1 N–H and O–H groups in total. The molecule has 136 valence electrons. The van der Waals surface area contributed by atoms with Gasteiger partial charge in [-0.05, 0) is 18.9 Å². The van der Waals surface area contributed by atoms with E-state index in [1.165, 1.54) is 0 Å². The fraction of sp³-hybridized carbons (Fsp3) is 0.381. The van der Waals surface area contributed by atoms with Crippen molar-refractivity contribution >= 4 is 11.6 Å². The maximum absolute atomic E-state index is 12.9. The highest BCUT2D eigenvalue weighted by Crippen LogP contribution is 2.23. The van der Waals surface area contributed by atoms with E-state index < -0.39 is 0 Å². The minimum absolute atomic E-state index is 0.0665. The molecule has 5 heteroatoms. The van der Waals surface area contributed by atoms with E-state index in [2.05, 4.69) is 31.1 Å². The number of carbonyl (C=O) groups excluding carboxylic acids is 1. The molecule has 0 spiro atoms. The summed E-state index contributed by atoms with van der Waals surface area (Å²) >= 11 is 0. The number of nitrogens with zero attached hydrogens (tertiary/aromatic N) is 3. The lowest BCUT2D eigenvalue weighted by Gasteiger charge is -2.16. The molecular formula is C21H26N4O. The van der Waals surface area contributed by atoms with Gasteiger partial charge < -0.3 is 5.32 Å². The SMILES string of the molecule is CCc1c(C(=O)N[C@@H](C)c2ccccc2)cnc2cc(C(C)(C)C)nn12. The summed E-state index contributed by atoms with van der Waals surface area (Å²) in [4.78, 5) is 17.3. The fourth-order valence-electron chi connectivity index (χ4n) is 2.98. The quantitative estimate of drug-likeness (QED) is 0.771. The zero-order chi connectivity index (χ0) is 18.9. The van der Waals surface area contributed by atoms with Gasteiger partial charge in [0.15, 0.2) is 5.65 Å². The second-order valence-electron chi connectivity index (χ2n) is 7.63. The fourth-order valence-corrected chi connectivity index (χ4v) is 2.98. The Morgan fingerprint density at radius 1 is 1.23 bits per heavy atom. The van der Waals surface area contributed by atoms with Gasteiger partial charge in [-0.15, -0.1) is 0 Å². The normalized spacial score (nSPS) is 13.0. The van der Waals surface area contributed by atoms with Crippen molar-refractivity contribution in [2.75, 3.05) is 0 Å². The Morgan fingerprint density at radius 2 is 1.92 bits per heavy atom. The molecule has 0 aliphatic heterocycles. The maximum atomic E-state index is 12.9. The van der Waals surface area contributed by atoms with Crippen molar-refractivity contribution in [3.63, 3.8) is 0 Å². The highest BCUT2D eigenvalue weighted by atomic mass is 16.1. The summed E-state index contributed by atoms with van der Waals surface area (Å²) < 4.78 is 1.81. The van der Waals surface area contributed by atoms with E-state index in [1.807, 2.05) is 54.8 Å². The topological polar surface area (TPSA) is 59.3 Å². The third-order valence-corrected chi connectivity index (χ3v) is 4.58. The van der Waals surface area contributed by atoms with Crippen molar-refractivity contribution in [2.45, 2.75) is 52.5 Å². The number of benzene rings is 1. The first-order valence-electron chi connectivity index (χ1n) is 9.05. The van der Waals surface area contributed by atoms with Gasteiger partial charge in [0.05, 0.1) is 23.0 Å². The van der Waals surface area contributed by atoms with E-state index in [-0.39, 0.29) is 17.4 Å². The number of rotatable bonds is 4. The van der Waals surface area contributed by atoms with Gasteiger partial charge >= 0.3 is 0 Å². The Bertz CT molecular complexity index is 922. The van der Waals surface area contributed by atoms with Crippen LogP contribution in [-0.4, -0.2) is 20.5 Å². The van der Waals surface area contributed by atoms with Crippen LogP contribution in [0.25, 0.3) is 5.65 Å². The van der Waals surface area contributed by atoms with Crippen molar-refractivity contribution in [3.8, 4) is 0 Å². The molecule has 0 aliphatic carbocycles. The number of hydrogen-bond acceptors (Lipinski definition) is 3. The molecule has 1 atom stereocenters. The predicted octanol–water partition coefficient (Wildman–Crippen LogP) is 4.08. The first-order valence-corrected chi connectivity index (χ1v) is 9.05. The van der Waals surface area contributed by atoms with Crippen LogP contribution >= 0.6 is 0 Å². The Kier molecular flexibility index (Phi) is 4.81. The summed E-state index contributed by atoms with van der Waals surface area (Å²) in [5.41, 5.74) is 4.20. The summed E-state index contributed by atoms with van der Waals surface area (Å²) in [6.45, 7) is 10.4. The van der Waals surface area contributed by atoms with Crippen LogP contribution in [0.15, 0.2) is 42.6 Å². The smallest absolute Gasteiger partial charge is 0.255 e. The molecular weight excluding hydrogens is 324 g/mol. The molecule has 3 aromatic rings. The lowest BCUT2D eigenvalue weighted by Crippen LogP contribution is -2.28. The van der Waals surface area contributed by atoms with Gasteiger partial charge in [0.1, 0.15) is 0 Å². The first kappa shape index (κ1) is 18.1. The van der Waals surface area contributed by atoms with E-state index in [0.717, 1.165) is 22.6 Å². The molecule has 0 bridgehead atoms. The van der Waals surface area contributed by atoms with Gasteiger partial charge in [-0.3, -0.25) is 4.79 Å². The van der Waals surface area contributed by atoms with Crippen molar-refractivity contribution < 1.29 is 4.79 Å². The zero-order valence-corrected chi connectivity index (χ0v) is 16.1. The number of aromatic nitrogens is 3. The van der Waals surface area contributed by atoms with Crippen LogP contribution in [0.4, 0.5) is 0 Å². The van der Waals surface area contributed by atoms with Crippen molar-refractivity contribution in [3.05, 3.63) is 65.1 Å². The summed E-state index contributed by atoms with van der Waals surface area (Å²) in [5, 5.41) is 7.78. The molecule has 26 heavy (non-hydrogen) atoms. The maximum Gasteiger partial charge on any atom is 0.255 e. The van der Waals surface area contributed by atoms with Crippen LogP contribution in [0.5, 0.6) is 0 Å². The molecule has 0 aliphatic rings. The van der Waals surface area contributed by atoms with Crippen LogP contribution in [0, 0.1) is 0 Å². The predicted molar refractivity (Wildman–Crippen MR) is 103 cm³/mol. The third kappa shape index (κ3) is 3.47. The van der Waals surface area contributed by atoms with Crippen molar-refractivity contribution in [1.82, 2.24) is 19.9 Å². The lowest BCUT2D eigenvalue weighted by molar-refractivity contribution is 0.0938. The number of amides is 1. The molecule has 0 saturated carbocycles. The number of fused-ring (bicyclic) bond motifs is 1. The molecule has 1 aromatic carbocycles. The number of aryl methyl sites for hydroxylation is 1. The summed E-state index contributed by atoms with van der Waals surface area (Å²) in [5.74, 6) is -0.125. The second-order valence-corrected chi connectivity index (χ2v) is 7.63. The summed E-state index contributed by atoms with van der Waals surface area (Å²) in [6, 6.07) is 11.9. The Hall–Kier alpha value is -2.69. The van der Waals surface area contributed by atoms with E-state index in [0.29, 0.717) is 12.0 Å². The number of nitrogens with one attached hydrogen (secondary N) is 1. The zero-order valence-electron chi connectivity index (χ0n) is 16.1. The molecule has 0 fully saturated rings. The van der Waals surface area contributed by atoms with E-state index in [4.69, 9.17) is 5.10 Å². The van der Waals surface area contributed by atoms with Gasteiger partial charge in [0.2, 0.25) is 0 Å². The Labute approximate surface area is 154 Å². The van der Waals surface area contributed by atoms with Gasteiger partial charge in [-0.25, -0.2) is 9.50 Å². The minimum Gasteiger partial charge on any atom is -0.345 e. The molecule has 3 rings (SSSR count). The highest BCUT2D eigenvalue weighted by Gasteiger charge is 2.22. The van der Waals surface area contributed by atoms with Crippen LogP contribution in [0.2, 0.25) is 0 Å². The van der Waals surface area contributed by atoms with Crippen LogP contribution in [0.1, 0.15) is 68.0 Å². The molecule has 0 saturated heterocycles. The lowest BCUT2D eigenvalue weighted by atomic mass is 9.93. The molecule has 5 nitrogen and oxygen atoms in total. The van der Waals surface area contributed by atoms with E-state index >= 15 is 0 Å². The third-order valence-electron chi connectivity index (χ3n) is 4.58. The first-order chi connectivity index (χ1) is 12.3. The summed E-state index contributed by atoms with van der Waals surface area (Å²) in [6.07, 6.45) is 2.36. The average Bonchev–Trinajstić information content (AvgIpc) is 3.06. The van der Waals surface area contributed by atoms with E-state index in [9.17, 15) is 4.79 Å². The van der Waals surface area contributed by atoms with Crippen LogP contribution in [-0.2, 0) is 11.8 Å². The Balaban J connectivity index is 1.95. The Morgan fingerprint density at radius 3 is 2.54 bits per heavy atom. The van der Waals surface area contributed by atoms with Crippen molar-refractivity contribution in [1.29, 1.82) is 0 Å². The van der Waals surface area contributed by atoms with Gasteiger partial charge in [0, 0.05) is 17.7 Å². The average molecular weight is 350 g/mol. The highest BCUT2D eigenvalue weighted by molar-refractivity contribution is 5.95. The number of carbonyl (C=O) groups is 1. The summed E-state index contributed by atoms with van der Waals surface area (Å²) in [7, 11) is 0. The van der Waals surface area contributed by atoms with Crippen LogP contribution in [0.3, 0.4) is 0 Å². The van der Waals surface area contributed by atoms with Crippen molar-refractivity contribution in [2.24, 2.45) is 0 Å². The standard InChI is InChI=1S/C21H26N4O/c1-6-17-16(20(26)23-14(2)15-10-8-7-9-11-15)13-22-19-12-18(21(3,4)5)24-25(17)19/h7-14H,6H2,1-5H3,(H,23,26)/t14-/m0/s1. The largest absolute Gasteiger partial charge is 0.345 e. The molecule has 0 radical (unpaired) electrons. The van der Waals surface area contributed by atoms with Gasteiger partial charge in [0.25, 0.3) is 5.91 Å². The molecule has 0 unspecified atom stereocenters. The van der Waals surface area contributed by atoms with Gasteiger partial charge in [-0.2, -0.15) is 5.10 Å². The minimum atomic E-state index is -0.125. The number of hydrogen-bond donors (Lipinski definition) is 1.